The van der Waals surface area contributed by atoms with Gasteiger partial charge in [-0.2, -0.15) is 0 Å². The number of amides is 1. The molecule has 34 heavy (non-hydrogen) atoms. The third-order valence-corrected chi connectivity index (χ3v) is 8.22. The van der Waals surface area contributed by atoms with Crippen LogP contribution in [0.3, 0.4) is 0 Å². The van der Waals surface area contributed by atoms with E-state index in [-0.39, 0.29) is 5.91 Å². The van der Waals surface area contributed by atoms with E-state index in [1.807, 2.05) is 24.3 Å². The fourth-order valence-electron chi connectivity index (χ4n) is 5.88. The van der Waals surface area contributed by atoms with Crippen LogP contribution in [0, 0.1) is 18.3 Å². The fourth-order valence-corrected chi connectivity index (χ4v) is 5.88. The van der Waals surface area contributed by atoms with Crippen molar-refractivity contribution < 1.29 is 9.53 Å². The van der Waals surface area contributed by atoms with Crippen LogP contribution in [0.25, 0.3) is 0 Å². The van der Waals surface area contributed by atoms with Crippen LogP contribution >= 0.6 is 0 Å². The molecule has 2 aromatic carbocycles. The molecular weight excluding hydrogens is 420 g/mol. The van der Waals surface area contributed by atoms with Crippen molar-refractivity contribution in [2.75, 3.05) is 39.3 Å². The van der Waals surface area contributed by atoms with Gasteiger partial charge in [0.1, 0.15) is 12.4 Å². The summed E-state index contributed by atoms with van der Waals surface area (Å²) >= 11 is 0. The predicted molar refractivity (Wildman–Crippen MR) is 137 cm³/mol. The zero-order valence-corrected chi connectivity index (χ0v) is 20.8. The highest BCUT2D eigenvalue weighted by Crippen LogP contribution is 2.40. The number of rotatable bonds is 3. The molecule has 2 heterocycles. The van der Waals surface area contributed by atoms with Crippen LogP contribution in [-0.2, 0) is 6.42 Å². The molecule has 0 bridgehead atoms. The van der Waals surface area contributed by atoms with Gasteiger partial charge in [0.2, 0.25) is 0 Å². The Morgan fingerprint density at radius 1 is 0.971 bits per heavy atom. The number of carbonyl (C=O) groups is 1. The Hall–Kier alpha value is -2.33. The van der Waals surface area contributed by atoms with Crippen molar-refractivity contribution in [1.82, 2.24) is 9.80 Å². The number of carbonyl (C=O) groups excluding carboxylic acids is 1. The zero-order valence-electron chi connectivity index (χ0n) is 20.8. The number of hydrogen-bond acceptors (Lipinski definition) is 3. The van der Waals surface area contributed by atoms with Gasteiger partial charge >= 0.3 is 0 Å². The van der Waals surface area contributed by atoms with Crippen LogP contribution in [0.1, 0.15) is 66.4 Å². The lowest BCUT2D eigenvalue weighted by atomic mass is 9.73. The van der Waals surface area contributed by atoms with Crippen LogP contribution in [0.5, 0.6) is 5.75 Å². The molecule has 0 unspecified atom stereocenters. The lowest BCUT2D eigenvalue weighted by Crippen LogP contribution is -2.49. The molecule has 2 aliphatic heterocycles. The van der Waals surface area contributed by atoms with E-state index in [0.717, 1.165) is 69.3 Å². The molecule has 2 aromatic rings. The van der Waals surface area contributed by atoms with Gasteiger partial charge in [0.25, 0.3) is 5.91 Å². The lowest BCUT2D eigenvalue weighted by Gasteiger charge is -2.45. The molecule has 2 fully saturated rings. The van der Waals surface area contributed by atoms with Crippen molar-refractivity contribution in [1.29, 1.82) is 0 Å². The minimum atomic E-state index is 0.197. The van der Waals surface area contributed by atoms with E-state index in [9.17, 15) is 4.79 Å². The number of fused-ring (bicyclic) bond motifs is 1. The third-order valence-electron chi connectivity index (χ3n) is 8.22. The van der Waals surface area contributed by atoms with E-state index in [2.05, 4.69) is 41.0 Å². The zero-order chi connectivity index (χ0) is 23.4. The summed E-state index contributed by atoms with van der Waals surface area (Å²) in [7, 11) is 0. The molecule has 3 aliphatic rings. The van der Waals surface area contributed by atoms with Crippen LogP contribution in [0.2, 0.25) is 0 Å². The molecule has 1 saturated heterocycles. The van der Waals surface area contributed by atoms with Gasteiger partial charge in [-0.1, -0.05) is 42.3 Å². The smallest absolute Gasteiger partial charge is 0.253 e. The second-order valence-corrected chi connectivity index (χ2v) is 11.0. The molecule has 182 valence electrons. The van der Waals surface area contributed by atoms with Crippen molar-refractivity contribution in [2.45, 2.75) is 58.3 Å². The van der Waals surface area contributed by atoms with E-state index >= 15 is 0 Å². The third kappa shape index (κ3) is 5.83. The van der Waals surface area contributed by atoms with Gasteiger partial charge in [0, 0.05) is 38.3 Å². The highest BCUT2D eigenvalue weighted by Gasteiger charge is 2.38. The van der Waals surface area contributed by atoms with Crippen LogP contribution in [0.15, 0.2) is 48.5 Å². The first-order valence-electron chi connectivity index (χ1n) is 13.4. The minimum absolute atomic E-state index is 0.197. The summed E-state index contributed by atoms with van der Waals surface area (Å²) in [5.41, 5.74) is 3.69. The topological polar surface area (TPSA) is 32.8 Å². The van der Waals surface area contributed by atoms with E-state index < -0.39 is 0 Å². The molecule has 5 rings (SSSR count). The molecular formula is C30H40N2O2. The largest absolute Gasteiger partial charge is 0.492 e. The maximum Gasteiger partial charge on any atom is 0.253 e. The first-order chi connectivity index (χ1) is 16.6. The fraction of sp³-hybridized carbons (Fsp3) is 0.567. The second kappa shape index (κ2) is 10.5. The maximum absolute atomic E-state index is 13.1. The summed E-state index contributed by atoms with van der Waals surface area (Å²) in [5, 5.41) is 0. The van der Waals surface area contributed by atoms with Crippen molar-refractivity contribution in [3.63, 3.8) is 0 Å². The highest BCUT2D eigenvalue weighted by atomic mass is 16.5. The molecule has 1 aliphatic carbocycles. The average Bonchev–Trinajstić information content (AvgIpc) is 3.66. The number of benzene rings is 2. The molecule has 4 heteroatoms. The van der Waals surface area contributed by atoms with Crippen molar-refractivity contribution in [2.24, 2.45) is 11.3 Å². The normalized spacial score (nSPS) is 21.7. The standard InChI is InChI=1S/C30H40N2O2/c1-24-9-13-27(14-10-24)29(33)32-18-16-30(17-19-32)15-5-4-7-26-6-2-3-8-28(26)34-21-20-31(23-30)22-25-11-12-25/h2-3,6,8-10,13-14,25H,4-5,7,11-12,15-23H2,1H3. The van der Waals surface area contributed by atoms with Gasteiger partial charge in [0.15, 0.2) is 0 Å². The average molecular weight is 461 g/mol. The van der Waals surface area contributed by atoms with Gasteiger partial charge in [0.05, 0.1) is 0 Å². The first-order valence-corrected chi connectivity index (χ1v) is 13.4. The molecule has 0 atom stereocenters. The molecule has 1 saturated carbocycles. The summed E-state index contributed by atoms with van der Waals surface area (Å²) in [5.74, 6) is 2.15. The number of aryl methyl sites for hydroxylation is 2. The van der Waals surface area contributed by atoms with Gasteiger partial charge in [-0.3, -0.25) is 9.69 Å². The summed E-state index contributed by atoms with van der Waals surface area (Å²) in [6.07, 6.45) is 9.80. The van der Waals surface area contributed by atoms with E-state index in [0.29, 0.717) is 5.41 Å². The summed E-state index contributed by atoms with van der Waals surface area (Å²) in [6.45, 7) is 7.95. The van der Waals surface area contributed by atoms with E-state index in [1.165, 1.54) is 49.8 Å². The monoisotopic (exact) mass is 460 g/mol. The Balaban J connectivity index is 1.27. The molecule has 0 aromatic heterocycles. The Labute approximate surface area is 205 Å². The molecule has 1 amide bonds. The van der Waals surface area contributed by atoms with Crippen molar-refractivity contribution in [3.05, 3.63) is 65.2 Å². The Bertz CT molecular complexity index is 958. The summed E-state index contributed by atoms with van der Waals surface area (Å²) in [4.78, 5) is 17.9. The summed E-state index contributed by atoms with van der Waals surface area (Å²) < 4.78 is 6.28. The highest BCUT2D eigenvalue weighted by molar-refractivity contribution is 5.94. The van der Waals surface area contributed by atoms with Gasteiger partial charge in [-0.15, -0.1) is 0 Å². The maximum atomic E-state index is 13.1. The quantitative estimate of drug-likeness (QED) is 0.586. The number of hydrogen-bond donors (Lipinski definition) is 0. The van der Waals surface area contributed by atoms with Crippen molar-refractivity contribution in [3.8, 4) is 5.75 Å². The number of likely N-dealkylation sites (tertiary alicyclic amines) is 1. The number of nitrogens with zero attached hydrogens (tertiary/aromatic N) is 2. The Kier molecular flexibility index (Phi) is 7.24. The van der Waals surface area contributed by atoms with Gasteiger partial charge < -0.3 is 9.64 Å². The lowest BCUT2D eigenvalue weighted by molar-refractivity contribution is 0.0368. The van der Waals surface area contributed by atoms with Crippen LogP contribution in [0.4, 0.5) is 0 Å². The summed E-state index contributed by atoms with van der Waals surface area (Å²) in [6, 6.07) is 16.6. The number of para-hydroxylation sites is 1. The second-order valence-electron chi connectivity index (χ2n) is 11.0. The van der Waals surface area contributed by atoms with Crippen LogP contribution < -0.4 is 4.74 Å². The van der Waals surface area contributed by atoms with Gasteiger partial charge in [-0.25, -0.2) is 0 Å². The molecule has 4 nitrogen and oxygen atoms in total. The SMILES string of the molecule is Cc1ccc(C(=O)N2CCC3(CCCCc4ccccc4OCCN(CC4CC4)C3)CC2)cc1. The molecule has 0 radical (unpaired) electrons. The van der Waals surface area contributed by atoms with E-state index in [1.54, 1.807) is 0 Å². The molecule has 0 N–H and O–H groups in total. The predicted octanol–water partition coefficient (Wildman–Crippen LogP) is 5.73. The number of piperidine rings is 1. The van der Waals surface area contributed by atoms with E-state index in [4.69, 9.17) is 4.74 Å². The first kappa shape index (κ1) is 23.4. The van der Waals surface area contributed by atoms with Gasteiger partial charge in [-0.05, 0) is 87.0 Å². The molecule has 1 spiro atoms. The minimum Gasteiger partial charge on any atom is -0.492 e. The van der Waals surface area contributed by atoms with Crippen molar-refractivity contribution >= 4 is 5.91 Å². The Morgan fingerprint density at radius 3 is 2.50 bits per heavy atom. The Morgan fingerprint density at radius 2 is 1.74 bits per heavy atom. The number of ether oxygens (including phenoxy) is 1. The van der Waals surface area contributed by atoms with Crippen LogP contribution in [-0.4, -0.2) is 55.0 Å².